The largest absolute Gasteiger partial charge is 0.392 e. The van der Waals surface area contributed by atoms with Gasteiger partial charge in [-0.15, -0.1) is 0 Å². The normalized spacial score (nSPS) is 20.6. The first kappa shape index (κ1) is 27.3. The van der Waals surface area contributed by atoms with Crippen molar-refractivity contribution >= 4 is 35.3 Å². The lowest BCUT2D eigenvalue weighted by atomic mass is 10.2. The number of hydrogen-bond donors (Lipinski definition) is 0. The zero-order chi connectivity index (χ0) is 26.3. The molecule has 2 fully saturated rings. The monoisotopic (exact) mass is 536 g/mol. The Bertz CT molecular complexity index is 1070. The predicted molar refractivity (Wildman–Crippen MR) is 142 cm³/mol. The summed E-state index contributed by atoms with van der Waals surface area (Å²) in [6, 6.07) is 0. The Morgan fingerprint density at radius 3 is 2.27 bits per heavy atom. The van der Waals surface area contributed by atoms with Crippen molar-refractivity contribution in [3.8, 4) is 0 Å². The third-order valence-corrected chi connectivity index (χ3v) is 6.57. The van der Waals surface area contributed by atoms with E-state index in [1.165, 1.54) is 12.3 Å². The van der Waals surface area contributed by atoms with Gasteiger partial charge in [0.2, 0.25) is 11.9 Å². The van der Waals surface area contributed by atoms with Crippen molar-refractivity contribution in [3.05, 3.63) is 47.3 Å². The average molecular weight is 537 g/mol. The number of piperazine rings is 2. The van der Waals surface area contributed by atoms with Crippen LogP contribution in [0.4, 0.5) is 25.1 Å². The fourth-order valence-electron chi connectivity index (χ4n) is 4.11. The van der Waals surface area contributed by atoms with Crippen molar-refractivity contribution in [2.75, 3.05) is 75.9 Å². The average Bonchev–Trinajstić information content (AvgIpc) is 3.10. The summed E-state index contributed by atoms with van der Waals surface area (Å²) < 4.78 is 36.6. The molecule has 2 saturated heterocycles. The predicted octanol–water partition coefficient (Wildman–Crippen LogP) is 3.75. The molecular formula is C25H32ClF3N8. The van der Waals surface area contributed by atoms with Crippen LogP contribution in [0.5, 0.6) is 0 Å². The van der Waals surface area contributed by atoms with Crippen LogP contribution >= 0.6 is 11.6 Å². The first-order chi connectivity index (χ1) is 17.8. The molecule has 3 aliphatic rings. The summed E-state index contributed by atoms with van der Waals surface area (Å²) in [7, 11) is 2.11. The van der Waals surface area contributed by atoms with E-state index in [4.69, 9.17) is 26.6 Å². The van der Waals surface area contributed by atoms with E-state index in [-0.39, 0.29) is 0 Å². The van der Waals surface area contributed by atoms with Crippen LogP contribution in [0.3, 0.4) is 0 Å². The number of hydrogen-bond acceptors (Lipinski definition) is 8. The second kappa shape index (κ2) is 12.7. The molecule has 0 amide bonds. The van der Waals surface area contributed by atoms with Gasteiger partial charge in [-0.05, 0) is 19.2 Å². The van der Waals surface area contributed by atoms with Gasteiger partial charge in [0.15, 0.2) is 5.82 Å². The minimum absolute atomic E-state index is 0.432. The van der Waals surface area contributed by atoms with Gasteiger partial charge in [-0.25, -0.2) is 0 Å². The molecule has 37 heavy (non-hydrogen) atoms. The van der Waals surface area contributed by atoms with E-state index >= 15 is 0 Å². The van der Waals surface area contributed by atoms with Crippen molar-refractivity contribution in [1.82, 2.24) is 24.8 Å². The van der Waals surface area contributed by atoms with Crippen molar-refractivity contribution in [3.63, 3.8) is 0 Å². The molecule has 1 aromatic rings. The van der Waals surface area contributed by atoms with Crippen LogP contribution < -0.4 is 9.80 Å². The van der Waals surface area contributed by atoms with E-state index in [1.807, 2.05) is 24.3 Å². The summed E-state index contributed by atoms with van der Waals surface area (Å²) in [6.07, 6.45) is 7.23. The molecule has 4 rings (SSSR count). The fraction of sp³-hybridized carbons (Fsp3) is 0.520. The van der Waals surface area contributed by atoms with Crippen LogP contribution in [0.25, 0.3) is 5.57 Å². The Balaban J connectivity index is 1.44. The first-order valence-electron chi connectivity index (χ1n) is 12.4. The Labute approximate surface area is 220 Å². The molecule has 3 heterocycles. The maximum Gasteiger partial charge on any atom is 0.392 e. The molecule has 0 atom stereocenters. The number of likely N-dealkylation sites (N-methyl/N-ethyl adjacent to an activating group) is 1. The number of alkyl halides is 3. The van der Waals surface area contributed by atoms with Crippen LogP contribution in [-0.4, -0.2) is 103 Å². The second-order valence-electron chi connectivity index (χ2n) is 9.22. The summed E-state index contributed by atoms with van der Waals surface area (Å²) in [5, 5.41) is 0.727. The topological polar surface area (TPSA) is 64.0 Å². The Kier molecular flexibility index (Phi) is 9.33. The van der Waals surface area contributed by atoms with Crippen molar-refractivity contribution in [1.29, 1.82) is 0 Å². The Morgan fingerprint density at radius 2 is 1.62 bits per heavy atom. The lowest BCUT2D eigenvalue weighted by Gasteiger charge is -2.35. The zero-order valence-electron chi connectivity index (χ0n) is 20.9. The van der Waals surface area contributed by atoms with E-state index in [9.17, 15) is 13.2 Å². The highest BCUT2D eigenvalue weighted by atomic mass is 35.5. The Morgan fingerprint density at radius 1 is 0.973 bits per heavy atom. The maximum atomic E-state index is 12.2. The van der Waals surface area contributed by atoms with Gasteiger partial charge in [0.1, 0.15) is 0 Å². The van der Waals surface area contributed by atoms with Crippen LogP contribution in [0.2, 0.25) is 0 Å². The van der Waals surface area contributed by atoms with E-state index in [0.29, 0.717) is 43.9 Å². The number of allylic oxidation sites excluding steroid dienone is 8. The molecule has 1 aromatic heterocycles. The van der Waals surface area contributed by atoms with Gasteiger partial charge in [0.25, 0.3) is 0 Å². The minimum Gasteiger partial charge on any atom is -0.338 e. The summed E-state index contributed by atoms with van der Waals surface area (Å²) in [6.45, 7) is 6.91. The number of nitrogens with zero attached hydrogens (tertiary/aromatic N) is 8. The van der Waals surface area contributed by atoms with Gasteiger partial charge in [-0.3, -0.25) is 9.89 Å². The number of halogens is 4. The summed E-state index contributed by atoms with van der Waals surface area (Å²) in [5.74, 6) is 1.90. The SMILES string of the molecule is CN1CCN(c2nc(C3=CC=CCC(Cl)=C3)nc(N3CCN(C/N=C\C=C/CC(F)(F)F)CC3)n2)CC1. The summed E-state index contributed by atoms with van der Waals surface area (Å²) in [5.41, 5.74) is 0.851. The highest BCUT2D eigenvalue weighted by Crippen LogP contribution is 2.25. The minimum atomic E-state index is -4.19. The number of anilines is 2. The van der Waals surface area contributed by atoms with Gasteiger partial charge >= 0.3 is 6.18 Å². The molecule has 0 unspecified atom stereocenters. The molecule has 0 aromatic carbocycles. The van der Waals surface area contributed by atoms with Crippen molar-refractivity contribution in [2.24, 2.45) is 4.99 Å². The van der Waals surface area contributed by atoms with Crippen molar-refractivity contribution < 1.29 is 13.2 Å². The molecule has 0 bridgehead atoms. The maximum absolute atomic E-state index is 12.2. The third kappa shape index (κ3) is 8.37. The van der Waals surface area contributed by atoms with E-state index in [1.54, 1.807) is 0 Å². The van der Waals surface area contributed by atoms with Crippen LogP contribution in [-0.2, 0) is 0 Å². The number of aromatic nitrogens is 3. The molecule has 12 heteroatoms. The van der Waals surface area contributed by atoms with Gasteiger partial charge < -0.3 is 14.7 Å². The molecule has 0 spiro atoms. The van der Waals surface area contributed by atoms with Crippen molar-refractivity contribution in [2.45, 2.75) is 19.0 Å². The quantitative estimate of drug-likeness (QED) is 0.492. The third-order valence-electron chi connectivity index (χ3n) is 6.31. The number of aliphatic imine (C=N–C) groups is 1. The molecule has 2 aliphatic heterocycles. The molecule has 0 radical (unpaired) electrons. The van der Waals surface area contributed by atoms with Crippen LogP contribution in [0, 0.1) is 0 Å². The van der Waals surface area contributed by atoms with E-state index in [2.05, 4.69) is 31.6 Å². The molecule has 1 aliphatic carbocycles. The molecule has 8 nitrogen and oxygen atoms in total. The van der Waals surface area contributed by atoms with Crippen LogP contribution in [0.1, 0.15) is 18.7 Å². The number of rotatable bonds is 7. The molecule has 0 saturated carbocycles. The van der Waals surface area contributed by atoms with Crippen LogP contribution in [0.15, 0.2) is 46.5 Å². The molecular weight excluding hydrogens is 505 g/mol. The van der Waals surface area contributed by atoms with E-state index in [0.717, 1.165) is 55.9 Å². The lowest BCUT2D eigenvalue weighted by Crippen LogP contribution is -2.48. The van der Waals surface area contributed by atoms with Gasteiger partial charge in [-0.2, -0.15) is 28.1 Å². The smallest absolute Gasteiger partial charge is 0.338 e. The lowest BCUT2D eigenvalue weighted by molar-refractivity contribution is -0.124. The zero-order valence-corrected chi connectivity index (χ0v) is 21.7. The standard InChI is InChI=1S/C25H32ClF3N8/c1-34-10-14-36(15-11-34)23-31-22(20-6-2-3-7-21(26)18-20)32-24(33-23)37-16-12-35(13-17-37)19-30-9-5-4-8-25(27,28)29/h2-6,9,18H,7-8,10-17,19H2,1H3/b5-4-,30-9-. The van der Waals surface area contributed by atoms with Gasteiger partial charge in [-0.1, -0.05) is 35.9 Å². The van der Waals surface area contributed by atoms with Gasteiger partial charge in [0.05, 0.1) is 13.1 Å². The molecule has 200 valence electrons. The first-order valence-corrected chi connectivity index (χ1v) is 12.8. The highest BCUT2D eigenvalue weighted by Gasteiger charge is 2.25. The highest BCUT2D eigenvalue weighted by molar-refractivity contribution is 6.30. The summed E-state index contributed by atoms with van der Waals surface area (Å²) >= 11 is 6.36. The summed E-state index contributed by atoms with van der Waals surface area (Å²) in [4.78, 5) is 27.5. The van der Waals surface area contributed by atoms with Gasteiger partial charge in [0, 0.05) is 75.6 Å². The second-order valence-corrected chi connectivity index (χ2v) is 9.71. The molecule has 0 N–H and O–H groups in total. The Hall–Kier alpha value is -2.76. The fourth-order valence-corrected chi connectivity index (χ4v) is 4.32. The van der Waals surface area contributed by atoms with E-state index < -0.39 is 12.6 Å².